The van der Waals surface area contributed by atoms with Crippen LogP contribution in [0.4, 0.5) is 0 Å². The number of aromatic nitrogens is 2. The molecule has 0 fully saturated rings. The lowest BCUT2D eigenvalue weighted by Gasteiger charge is -2.19. The fourth-order valence-electron chi connectivity index (χ4n) is 1.21. The summed E-state index contributed by atoms with van der Waals surface area (Å²) < 4.78 is 5.14. The van der Waals surface area contributed by atoms with E-state index in [1.165, 1.54) is 6.07 Å². The minimum absolute atomic E-state index is 0.0415. The molecule has 1 rings (SSSR count). The summed E-state index contributed by atoms with van der Waals surface area (Å²) in [7, 11) is 0. The number of rotatable bonds is 4. The van der Waals surface area contributed by atoms with E-state index in [1.807, 2.05) is 0 Å². The molecule has 104 valence electrons. The smallest absolute Gasteiger partial charge is 0.354 e. The third-order valence-electron chi connectivity index (χ3n) is 1.79. The minimum Gasteiger partial charge on any atom is -0.477 e. The Balaban J connectivity index is 2.68. The zero-order valence-electron chi connectivity index (χ0n) is 11.3. The molecule has 0 bridgehead atoms. The number of esters is 1. The summed E-state index contributed by atoms with van der Waals surface area (Å²) in [5, 5.41) is 9.13. The van der Waals surface area contributed by atoms with E-state index >= 15 is 0 Å². The Morgan fingerprint density at radius 1 is 1.37 bits per heavy atom. The van der Waals surface area contributed by atoms with Crippen molar-refractivity contribution >= 4 is 23.7 Å². The van der Waals surface area contributed by atoms with E-state index in [0.717, 1.165) is 11.8 Å². The van der Waals surface area contributed by atoms with Crippen molar-refractivity contribution in [1.29, 1.82) is 0 Å². The van der Waals surface area contributed by atoms with Gasteiger partial charge in [0.2, 0.25) is 0 Å². The molecule has 0 radical (unpaired) electrons. The fourth-order valence-corrected chi connectivity index (χ4v) is 1.89. The molecule has 0 aliphatic rings. The monoisotopic (exact) mass is 284 g/mol. The standard InChI is InChI=1S/C12H16N2O4S/c1-7-5-8(10(16)17)14-11(13-7)19-6-9(15)18-12(2,3)4/h5H,6H2,1-4H3,(H,16,17). The Labute approximate surface area is 115 Å². The van der Waals surface area contributed by atoms with Crippen LogP contribution in [-0.2, 0) is 9.53 Å². The molecule has 1 heterocycles. The van der Waals surface area contributed by atoms with Gasteiger partial charge in [0.25, 0.3) is 0 Å². The van der Waals surface area contributed by atoms with Crippen molar-refractivity contribution in [3.05, 3.63) is 17.5 Å². The van der Waals surface area contributed by atoms with E-state index < -0.39 is 11.6 Å². The largest absolute Gasteiger partial charge is 0.477 e. The first kappa shape index (κ1) is 15.4. The van der Waals surface area contributed by atoms with Gasteiger partial charge in [-0.15, -0.1) is 0 Å². The van der Waals surface area contributed by atoms with Gasteiger partial charge in [0.15, 0.2) is 10.9 Å². The van der Waals surface area contributed by atoms with Gasteiger partial charge in [0.05, 0.1) is 5.75 Å². The number of ether oxygens (including phenoxy) is 1. The zero-order valence-corrected chi connectivity index (χ0v) is 12.1. The van der Waals surface area contributed by atoms with E-state index in [1.54, 1.807) is 27.7 Å². The Bertz CT molecular complexity index is 497. The number of nitrogens with zero attached hydrogens (tertiary/aromatic N) is 2. The second-order valence-corrected chi connectivity index (χ2v) is 5.80. The number of hydrogen-bond donors (Lipinski definition) is 1. The van der Waals surface area contributed by atoms with Gasteiger partial charge in [0.1, 0.15) is 5.60 Å². The van der Waals surface area contributed by atoms with Crippen molar-refractivity contribution in [1.82, 2.24) is 9.97 Å². The van der Waals surface area contributed by atoms with Crippen LogP contribution in [0.25, 0.3) is 0 Å². The maximum atomic E-state index is 11.5. The Morgan fingerprint density at radius 2 is 2.00 bits per heavy atom. The molecule has 0 saturated heterocycles. The molecule has 1 aromatic heterocycles. The predicted molar refractivity (Wildman–Crippen MR) is 70.3 cm³/mol. The van der Waals surface area contributed by atoms with Gasteiger partial charge in [-0.05, 0) is 33.8 Å². The van der Waals surface area contributed by atoms with E-state index in [4.69, 9.17) is 9.84 Å². The zero-order chi connectivity index (χ0) is 14.6. The lowest BCUT2D eigenvalue weighted by molar-refractivity contribution is -0.151. The fraction of sp³-hybridized carbons (Fsp3) is 0.500. The number of carboxylic acid groups (broad SMARTS) is 1. The van der Waals surface area contributed by atoms with Gasteiger partial charge in [-0.1, -0.05) is 11.8 Å². The summed E-state index contributed by atoms with van der Waals surface area (Å²) >= 11 is 1.05. The van der Waals surface area contributed by atoms with Gasteiger partial charge >= 0.3 is 11.9 Å². The number of aromatic carboxylic acids is 1. The summed E-state index contributed by atoms with van der Waals surface area (Å²) in [6.45, 7) is 7.01. The van der Waals surface area contributed by atoms with Crippen molar-refractivity contribution in [2.24, 2.45) is 0 Å². The minimum atomic E-state index is -1.12. The molecular formula is C12H16N2O4S. The Kier molecular flexibility index (Phi) is 4.88. The first-order valence-electron chi connectivity index (χ1n) is 5.61. The third kappa shape index (κ3) is 5.69. The van der Waals surface area contributed by atoms with E-state index in [-0.39, 0.29) is 22.6 Å². The van der Waals surface area contributed by atoms with Crippen LogP contribution in [0.5, 0.6) is 0 Å². The van der Waals surface area contributed by atoms with Crippen molar-refractivity contribution < 1.29 is 19.4 Å². The molecule has 0 unspecified atom stereocenters. The lowest BCUT2D eigenvalue weighted by atomic mass is 10.2. The molecule has 0 aliphatic carbocycles. The first-order valence-corrected chi connectivity index (χ1v) is 6.59. The van der Waals surface area contributed by atoms with Crippen LogP contribution in [-0.4, -0.2) is 38.4 Å². The number of thioether (sulfide) groups is 1. The second kappa shape index (κ2) is 6.01. The third-order valence-corrected chi connectivity index (χ3v) is 2.61. The molecule has 19 heavy (non-hydrogen) atoms. The summed E-state index contributed by atoms with van der Waals surface area (Å²) in [5.74, 6) is -1.47. The highest BCUT2D eigenvalue weighted by Gasteiger charge is 2.17. The molecule has 1 N–H and O–H groups in total. The predicted octanol–water partition coefficient (Wildman–Crippen LogP) is 1.92. The molecule has 0 atom stereocenters. The average molecular weight is 284 g/mol. The average Bonchev–Trinajstić information content (AvgIpc) is 2.23. The van der Waals surface area contributed by atoms with Crippen LogP contribution in [0.15, 0.2) is 11.2 Å². The van der Waals surface area contributed by atoms with Gasteiger partial charge in [-0.25, -0.2) is 14.8 Å². The SMILES string of the molecule is Cc1cc(C(=O)O)nc(SCC(=O)OC(C)(C)C)n1. The number of carbonyl (C=O) groups excluding carboxylic acids is 1. The van der Waals surface area contributed by atoms with Crippen LogP contribution < -0.4 is 0 Å². The van der Waals surface area contributed by atoms with E-state index in [2.05, 4.69) is 9.97 Å². The number of carboxylic acids is 1. The molecule has 0 aromatic carbocycles. The van der Waals surface area contributed by atoms with Crippen LogP contribution in [0.1, 0.15) is 37.0 Å². The summed E-state index contributed by atoms with van der Waals surface area (Å²) in [6.07, 6.45) is 0. The maximum Gasteiger partial charge on any atom is 0.354 e. The summed E-state index contributed by atoms with van der Waals surface area (Å²) in [5.41, 5.74) is -0.0876. The topological polar surface area (TPSA) is 89.4 Å². The van der Waals surface area contributed by atoms with Crippen molar-refractivity contribution in [3.63, 3.8) is 0 Å². The van der Waals surface area contributed by atoms with Crippen molar-refractivity contribution in [2.45, 2.75) is 38.5 Å². The Morgan fingerprint density at radius 3 is 2.53 bits per heavy atom. The van der Waals surface area contributed by atoms with E-state index in [0.29, 0.717) is 5.69 Å². The van der Waals surface area contributed by atoms with Gasteiger partial charge in [-0.2, -0.15) is 0 Å². The van der Waals surface area contributed by atoms with Crippen molar-refractivity contribution in [2.75, 3.05) is 5.75 Å². The van der Waals surface area contributed by atoms with Gasteiger partial charge in [-0.3, -0.25) is 4.79 Å². The van der Waals surface area contributed by atoms with E-state index in [9.17, 15) is 9.59 Å². The molecule has 0 amide bonds. The normalized spacial score (nSPS) is 11.2. The number of aryl methyl sites for hydroxylation is 1. The molecule has 7 heteroatoms. The maximum absolute atomic E-state index is 11.5. The summed E-state index contributed by atoms with van der Waals surface area (Å²) in [4.78, 5) is 30.3. The molecule has 0 saturated carbocycles. The van der Waals surface area contributed by atoms with Crippen molar-refractivity contribution in [3.8, 4) is 0 Å². The van der Waals surface area contributed by atoms with Crippen LogP contribution in [0.2, 0.25) is 0 Å². The second-order valence-electron chi connectivity index (χ2n) is 4.86. The summed E-state index contributed by atoms with van der Waals surface area (Å²) in [6, 6.07) is 1.37. The quantitative estimate of drug-likeness (QED) is 0.513. The lowest BCUT2D eigenvalue weighted by Crippen LogP contribution is -2.25. The highest BCUT2D eigenvalue weighted by atomic mass is 32.2. The highest BCUT2D eigenvalue weighted by molar-refractivity contribution is 7.99. The number of hydrogen-bond acceptors (Lipinski definition) is 6. The molecule has 0 spiro atoms. The van der Waals surface area contributed by atoms with Crippen LogP contribution in [0, 0.1) is 6.92 Å². The highest BCUT2D eigenvalue weighted by Crippen LogP contribution is 2.16. The molecular weight excluding hydrogens is 268 g/mol. The Hall–Kier alpha value is -1.63. The first-order chi connectivity index (χ1) is 8.67. The van der Waals surface area contributed by atoms with Crippen LogP contribution >= 0.6 is 11.8 Å². The van der Waals surface area contributed by atoms with Gasteiger partial charge in [0, 0.05) is 5.69 Å². The van der Waals surface area contributed by atoms with Gasteiger partial charge < -0.3 is 9.84 Å². The molecule has 6 nitrogen and oxygen atoms in total. The van der Waals surface area contributed by atoms with Crippen LogP contribution in [0.3, 0.4) is 0 Å². The molecule has 0 aliphatic heterocycles. The number of carbonyl (C=O) groups is 2. The molecule has 1 aromatic rings.